The van der Waals surface area contributed by atoms with Gasteiger partial charge in [-0.2, -0.15) is 5.10 Å². The van der Waals surface area contributed by atoms with Crippen LogP contribution in [0.5, 0.6) is 5.75 Å². The first-order valence-corrected chi connectivity index (χ1v) is 6.07. The van der Waals surface area contributed by atoms with E-state index in [0.29, 0.717) is 12.5 Å². The molecule has 0 aliphatic carbocycles. The number of aryl methyl sites for hydroxylation is 1. The second-order valence-electron chi connectivity index (χ2n) is 3.86. The van der Waals surface area contributed by atoms with E-state index >= 15 is 0 Å². The summed E-state index contributed by atoms with van der Waals surface area (Å²) in [5.41, 5.74) is 2.20. The first-order chi connectivity index (χ1) is 8.29. The van der Waals surface area contributed by atoms with E-state index in [1.165, 1.54) is 5.56 Å². The molecule has 0 N–H and O–H groups in total. The minimum absolute atomic E-state index is 0.475. The number of rotatable bonds is 5. The van der Waals surface area contributed by atoms with Crippen LogP contribution in [0.15, 0.2) is 36.7 Å². The summed E-state index contributed by atoms with van der Waals surface area (Å²) in [6, 6.07) is 7.84. The lowest BCUT2D eigenvalue weighted by molar-refractivity contribution is 0.319. The number of benzene rings is 1. The number of hydrogen-bond donors (Lipinski definition) is 0. The molecule has 0 aliphatic rings. The summed E-state index contributed by atoms with van der Waals surface area (Å²) in [6.07, 6.45) is 4.71. The summed E-state index contributed by atoms with van der Waals surface area (Å²) in [6.45, 7) is 0.638. The summed E-state index contributed by atoms with van der Waals surface area (Å²) in [5.74, 6) is 1.34. The van der Waals surface area contributed by atoms with Gasteiger partial charge in [0.25, 0.3) is 0 Å². The highest BCUT2D eigenvalue weighted by Gasteiger charge is 2.02. The molecule has 2 rings (SSSR count). The Morgan fingerprint density at radius 3 is 2.88 bits per heavy atom. The zero-order chi connectivity index (χ0) is 12.1. The standard InChI is InChI=1S/C13H15ClN2O/c1-16-10-11(9-15-16)6-7-17-13-5-3-2-4-12(13)8-14/h2-5,9-10H,6-8H2,1H3. The molecule has 0 radical (unpaired) electrons. The third kappa shape index (κ3) is 3.24. The van der Waals surface area contributed by atoms with E-state index in [1.807, 2.05) is 43.7 Å². The van der Waals surface area contributed by atoms with Crippen LogP contribution in [0.3, 0.4) is 0 Å². The topological polar surface area (TPSA) is 27.1 Å². The quantitative estimate of drug-likeness (QED) is 0.763. The smallest absolute Gasteiger partial charge is 0.123 e. The third-order valence-corrected chi connectivity index (χ3v) is 2.81. The Kier molecular flexibility index (Phi) is 4.04. The summed E-state index contributed by atoms with van der Waals surface area (Å²) in [4.78, 5) is 0. The third-order valence-electron chi connectivity index (χ3n) is 2.52. The highest BCUT2D eigenvalue weighted by molar-refractivity contribution is 6.17. The van der Waals surface area contributed by atoms with Crippen LogP contribution in [0, 0.1) is 0 Å². The predicted molar refractivity (Wildman–Crippen MR) is 68.4 cm³/mol. The Morgan fingerprint density at radius 1 is 1.35 bits per heavy atom. The molecule has 0 saturated heterocycles. The van der Waals surface area contributed by atoms with Gasteiger partial charge in [-0.1, -0.05) is 18.2 Å². The van der Waals surface area contributed by atoms with Gasteiger partial charge in [0.1, 0.15) is 5.75 Å². The SMILES string of the molecule is Cn1cc(CCOc2ccccc2CCl)cn1. The first-order valence-electron chi connectivity index (χ1n) is 5.54. The van der Waals surface area contributed by atoms with Crippen LogP contribution in [0.25, 0.3) is 0 Å². The van der Waals surface area contributed by atoms with E-state index in [1.54, 1.807) is 4.68 Å². The predicted octanol–water partition coefficient (Wildman–Crippen LogP) is 2.78. The van der Waals surface area contributed by atoms with Crippen LogP contribution < -0.4 is 4.74 Å². The number of para-hydroxylation sites is 1. The molecule has 0 aliphatic heterocycles. The molecule has 90 valence electrons. The van der Waals surface area contributed by atoms with Gasteiger partial charge in [0.05, 0.1) is 18.7 Å². The Balaban J connectivity index is 1.89. The maximum absolute atomic E-state index is 5.84. The van der Waals surface area contributed by atoms with E-state index < -0.39 is 0 Å². The van der Waals surface area contributed by atoms with Crippen molar-refractivity contribution in [3.05, 3.63) is 47.8 Å². The number of alkyl halides is 1. The second kappa shape index (κ2) is 5.73. The van der Waals surface area contributed by atoms with Crippen LogP contribution in [0.4, 0.5) is 0 Å². The number of hydrogen-bond acceptors (Lipinski definition) is 2. The van der Waals surface area contributed by atoms with Crippen LogP contribution in [0.1, 0.15) is 11.1 Å². The van der Waals surface area contributed by atoms with E-state index in [9.17, 15) is 0 Å². The van der Waals surface area contributed by atoms with Crippen molar-refractivity contribution >= 4 is 11.6 Å². The van der Waals surface area contributed by atoms with Gasteiger partial charge in [0, 0.05) is 25.2 Å². The van der Waals surface area contributed by atoms with E-state index in [-0.39, 0.29) is 0 Å². The second-order valence-corrected chi connectivity index (χ2v) is 4.13. The monoisotopic (exact) mass is 250 g/mol. The molecule has 0 atom stereocenters. The van der Waals surface area contributed by atoms with Gasteiger partial charge < -0.3 is 4.74 Å². The van der Waals surface area contributed by atoms with Gasteiger partial charge in [-0.3, -0.25) is 4.68 Å². The van der Waals surface area contributed by atoms with E-state index in [2.05, 4.69) is 5.10 Å². The lowest BCUT2D eigenvalue weighted by Gasteiger charge is -2.08. The zero-order valence-electron chi connectivity index (χ0n) is 9.77. The van der Waals surface area contributed by atoms with Gasteiger partial charge in [-0.15, -0.1) is 11.6 Å². The minimum Gasteiger partial charge on any atom is -0.493 e. The molecule has 0 bridgehead atoms. The van der Waals surface area contributed by atoms with Crippen LogP contribution >= 0.6 is 11.6 Å². The molecule has 0 saturated carbocycles. The normalized spacial score (nSPS) is 10.5. The molecular formula is C13H15ClN2O. The van der Waals surface area contributed by atoms with Gasteiger partial charge in [-0.25, -0.2) is 0 Å². The lowest BCUT2D eigenvalue weighted by Crippen LogP contribution is -2.02. The number of nitrogens with zero attached hydrogens (tertiary/aromatic N) is 2. The molecule has 1 aromatic carbocycles. The Bertz CT molecular complexity index is 482. The van der Waals surface area contributed by atoms with Gasteiger partial charge in [0.15, 0.2) is 0 Å². The number of aromatic nitrogens is 2. The molecule has 1 aromatic heterocycles. The fourth-order valence-electron chi connectivity index (χ4n) is 1.63. The summed E-state index contributed by atoms with van der Waals surface area (Å²) in [7, 11) is 1.91. The largest absolute Gasteiger partial charge is 0.493 e. The Morgan fingerprint density at radius 2 is 2.18 bits per heavy atom. The molecule has 3 nitrogen and oxygen atoms in total. The van der Waals surface area contributed by atoms with Crippen LogP contribution in [0.2, 0.25) is 0 Å². The summed E-state index contributed by atoms with van der Waals surface area (Å²) in [5, 5.41) is 4.12. The van der Waals surface area contributed by atoms with Crippen LogP contribution in [-0.2, 0) is 19.3 Å². The molecule has 0 amide bonds. The van der Waals surface area contributed by atoms with Gasteiger partial charge in [0.2, 0.25) is 0 Å². The zero-order valence-corrected chi connectivity index (χ0v) is 10.5. The lowest BCUT2D eigenvalue weighted by atomic mass is 10.2. The van der Waals surface area contributed by atoms with Crippen molar-refractivity contribution in [3.8, 4) is 5.75 Å². The van der Waals surface area contributed by atoms with Crippen molar-refractivity contribution in [2.24, 2.45) is 7.05 Å². The molecule has 4 heteroatoms. The number of ether oxygens (including phenoxy) is 1. The van der Waals surface area contributed by atoms with Crippen molar-refractivity contribution < 1.29 is 4.74 Å². The average molecular weight is 251 g/mol. The molecule has 17 heavy (non-hydrogen) atoms. The molecule has 1 heterocycles. The fraction of sp³-hybridized carbons (Fsp3) is 0.308. The molecule has 0 spiro atoms. The van der Waals surface area contributed by atoms with Crippen LogP contribution in [-0.4, -0.2) is 16.4 Å². The van der Waals surface area contributed by atoms with Crippen molar-refractivity contribution in [1.82, 2.24) is 9.78 Å². The van der Waals surface area contributed by atoms with Crippen molar-refractivity contribution in [1.29, 1.82) is 0 Å². The minimum atomic E-state index is 0.475. The van der Waals surface area contributed by atoms with Gasteiger partial charge in [-0.05, 0) is 11.6 Å². The maximum Gasteiger partial charge on any atom is 0.123 e. The van der Waals surface area contributed by atoms with E-state index in [4.69, 9.17) is 16.3 Å². The highest BCUT2D eigenvalue weighted by atomic mass is 35.5. The molecule has 0 unspecified atom stereocenters. The highest BCUT2D eigenvalue weighted by Crippen LogP contribution is 2.19. The van der Waals surface area contributed by atoms with Crippen molar-refractivity contribution in [3.63, 3.8) is 0 Å². The summed E-state index contributed by atoms with van der Waals surface area (Å²) < 4.78 is 7.51. The summed E-state index contributed by atoms with van der Waals surface area (Å²) >= 11 is 5.84. The van der Waals surface area contributed by atoms with Crippen molar-refractivity contribution in [2.75, 3.05) is 6.61 Å². The maximum atomic E-state index is 5.84. The van der Waals surface area contributed by atoms with Crippen molar-refractivity contribution in [2.45, 2.75) is 12.3 Å². The molecular weight excluding hydrogens is 236 g/mol. The average Bonchev–Trinajstić information content (AvgIpc) is 2.76. The number of halogens is 1. The molecule has 2 aromatic rings. The molecule has 0 fully saturated rings. The van der Waals surface area contributed by atoms with E-state index in [0.717, 1.165) is 17.7 Å². The first kappa shape index (κ1) is 12.0. The fourth-order valence-corrected chi connectivity index (χ4v) is 1.86. The Labute approximate surface area is 106 Å². The Hall–Kier alpha value is -1.48. The van der Waals surface area contributed by atoms with Gasteiger partial charge >= 0.3 is 0 Å².